The maximum atomic E-state index is 11.6. The Kier molecular flexibility index (Phi) is 5.67. The highest BCUT2D eigenvalue weighted by Gasteiger charge is 2.20. The minimum Gasteiger partial charge on any atom is -0.368 e. The molecule has 2 aromatic rings. The van der Waals surface area contributed by atoms with Crippen molar-refractivity contribution in [2.45, 2.75) is 18.8 Å². The predicted octanol–water partition coefficient (Wildman–Crippen LogP) is 1.11. The van der Waals surface area contributed by atoms with Gasteiger partial charge in [0.25, 0.3) is 0 Å². The molecule has 1 aliphatic rings. The quantitative estimate of drug-likeness (QED) is 0.640. The largest absolute Gasteiger partial charge is 0.368 e. The highest BCUT2D eigenvalue weighted by atomic mass is 35.5. The highest BCUT2D eigenvalue weighted by molar-refractivity contribution is 7.89. The van der Waals surface area contributed by atoms with Crippen molar-refractivity contribution < 1.29 is 8.42 Å². The van der Waals surface area contributed by atoms with E-state index in [9.17, 15) is 8.42 Å². The monoisotopic (exact) mass is 384 g/mol. The first kappa shape index (κ1) is 18.2. The first-order valence-corrected chi connectivity index (χ1v) is 10.2. The molecule has 1 fully saturated rings. The molecule has 1 aliphatic heterocycles. The zero-order valence-electron chi connectivity index (χ0n) is 13.9. The number of fused-ring (bicyclic) bond motifs is 1. The fourth-order valence-electron chi connectivity index (χ4n) is 2.83. The number of sulfonamides is 1. The van der Waals surface area contributed by atoms with Crippen LogP contribution in [-0.2, 0) is 10.0 Å². The lowest BCUT2D eigenvalue weighted by Crippen LogP contribution is -2.28. The number of aromatic nitrogens is 3. The molecule has 3 heterocycles. The summed E-state index contributed by atoms with van der Waals surface area (Å²) in [7, 11) is -1.89. The van der Waals surface area contributed by atoms with Crippen molar-refractivity contribution in [2.75, 3.05) is 37.8 Å². The molecule has 8 nitrogen and oxygen atoms in total. The van der Waals surface area contributed by atoms with Gasteiger partial charge in [0, 0.05) is 17.8 Å². The van der Waals surface area contributed by atoms with Crippen LogP contribution in [-0.4, -0.2) is 55.8 Å². The van der Waals surface area contributed by atoms with Crippen LogP contribution in [0.4, 0.5) is 5.82 Å². The van der Waals surface area contributed by atoms with Crippen molar-refractivity contribution in [1.82, 2.24) is 25.0 Å². The van der Waals surface area contributed by atoms with E-state index in [0.29, 0.717) is 16.5 Å². The van der Waals surface area contributed by atoms with Crippen LogP contribution >= 0.6 is 11.6 Å². The maximum absolute atomic E-state index is 11.6. The normalized spacial score (nSPS) is 16.2. The van der Waals surface area contributed by atoms with Crippen molar-refractivity contribution in [3.8, 4) is 0 Å². The summed E-state index contributed by atoms with van der Waals surface area (Å²) in [6, 6.07) is 1.69. The van der Waals surface area contributed by atoms with Gasteiger partial charge in [-0.3, -0.25) is 0 Å². The van der Waals surface area contributed by atoms with Gasteiger partial charge in [-0.2, -0.15) is 0 Å². The van der Waals surface area contributed by atoms with E-state index in [1.165, 1.54) is 7.05 Å². The van der Waals surface area contributed by atoms with Gasteiger partial charge in [0.15, 0.2) is 0 Å². The Morgan fingerprint density at radius 1 is 1.32 bits per heavy atom. The second-order valence-electron chi connectivity index (χ2n) is 5.93. The SMILES string of the molecule is CNS(=O)(=O)CCNc1nc(C2CCNCC2)nc2cnc(Cl)cc12. The van der Waals surface area contributed by atoms with Gasteiger partial charge in [-0.25, -0.2) is 28.1 Å². The van der Waals surface area contributed by atoms with E-state index in [1.807, 2.05) is 0 Å². The minimum atomic E-state index is -3.28. The summed E-state index contributed by atoms with van der Waals surface area (Å²) in [6.07, 6.45) is 3.57. The average Bonchev–Trinajstić information content (AvgIpc) is 2.62. The molecule has 0 aromatic carbocycles. The number of piperidine rings is 1. The molecule has 0 bridgehead atoms. The van der Waals surface area contributed by atoms with Crippen LogP contribution in [0.1, 0.15) is 24.6 Å². The molecule has 0 radical (unpaired) electrons. The number of hydrogen-bond acceptors (Lipinski definition) is 7. The van der Waals surface area contributed by atoms with Gasteiger partial charge in [-0.05, 0) is 39.0 Å². The van der Waals surface area contributed by atoms with E-state index in [1.54, 1.807) is 12.3 Å². The molecule has 2 aromatic heterocycles. The van der Waals surface area contributed by atoms with E-state index in [-0.39, 0.29) is 18.2 Å². The van der Waals surface area contributed by atoms with E-state index in [0.717, 1.165) is 37.1 Å². The minimum absolute atomic E-state index is 0.0451. The molecule has 136 valence electrons. The predicted molar refractivity (Wildman–Crippen MR) is 98.5 cm³/mol. The number of nitrogens with one attached hydrogen (secondary N) is 3. The highest BCUT2D eigenvalue weighted by Crippen LogP contribution is 2.28. The smallest absolute Gasteiger partial charge is 0.213 e. The lowest BCUT2D eigenvalue weighted by molar-refractivity contribution is 0.446. The Bertz CT molecular complexity index is 854. The fraction of sp³-hybridized carbons (Fsp3) is 0.533. The third kappa shape index (κ3) is 4.55. The average molecular weight is 385 g/mol. The van der Waals surface area contributed by atoms with Crippen LogP contribution in [0.3, 0.4) is 0 Å². The Morgan fingerprint density at radius 2 is 2.08 bits per heavy atom. The summed E-state index contributed by atoms with van der Waals surface area (Å²) < 4.78 is 25.5. The Morgan fingerprint density at radius 3 is 2.80 bits per heavy atom. The van der Waals surface area contributed by atoms with E-state index < -0.39 is 10.0 Å². The molecule has 0 atom stereocenters. The van der Waals surface area contributed by atoms with Crippen molar-refractivity contribution in [2.24, 2.45) is 0 Å². The fourth-order valence-corrected chi connectivity index (χ4v) is 3.56. The van der Waals surface area contributed by atoms with Crippen molar-refractivity contribution >= 4 is 38.3 Å². The van der Waals surface area contributed by atoms with Gasteiger partial charge >= 0.3 is 0 Å². The molecule has 1 saturated heterocycles. The molecule has 0 saturated carbocycles. The molecule has 0 unspecified atom stereocenters. The van der Waals surface area contributed by atoms with Crippen LogP contribution in [0.25, 0.3) is 10.9 Å². The Labute approximate surface area is 151 Å². The maximum Gasteiger partial charge on any atom is 0.213 e. The van der Waals surface area contributed by atoms with Gasteiger partial charge in [0.1, 0.15) is 16.8 Å². The summed E-state index contributed by atoms with van der Waals surface area (Å²) in [4.78, 5) is 13.4. The summed E-state index contributed by atoms with van der Waals surface area (Å²) >= 11 is 6.00. The number of nitrogens with zero attached hydrogens (tertiary/aromatic N) is 3. The molecule has 10 heteroatoms. The topological polar surface area (TPSA) is 109 Å². The van der Waals surface area contributed by atoms with Crippen LogP contribution < -0.4 is 15.4 Å². The van der Waals surface area contributed by atoms with Crippen molar-refractivity contribution in [1.29, 1.82) is 0 Å². The van der Waals surface area contributed by atoms with Crippen molar-refractivity contribution in [3.63, 3.8) is 0 Å². The van der Waals surface area contributed by atoms with Gasteiger partial charge in [-0.15, -0.1) is 0 Å². The number of halogens is 1. The molecule has 0 spiro atoms. The third-order valence-corrected chi connectivity index (χ3v) is 5.81. The summed E-state index contributed by atoms with van der Waals surface area (Å²) in [5, 5.41) is 7.52. The van der Waals surface area contributed by atoms with Gasteiger partial charge in [-0.1, -0.05) is 11.6 Å². The van der Waals surface area contributed by atoms with E-state index in [4.69, 9.17) is 11.6 Å². The molecule has 0 aliphatic carbocycles. The second kappa shape index (κ2) is 7.77. The molecule has 3 N–H and O–H groups in total. The lowest BCUT2D eigenvalue weighted by atomic mass is 9.97. The summed E-state index contributed by atoms with van der Waals surface area (Å²) in [5.74, 6) is 1.59. The first-order valence-electron chi connectivity index (χ1n) is 8.17. The molecule has 25 heavy (non-hydrogen) atoms. The number of anilines is 1. The lowest BCUT2D eigenvalue weighted by Gasteiger charge is -2.22. The van der Waals surface area contributed by atoms with Gasteiger partial charge in [0.05, 0.1) is 17.5 Å². The van der Waals surface area contributed by atoms with Crippen molar-refractivity contribution in [3.05, 3.63) is 23.2 Å². The second-order valence-corrected chi connectivity index (χ2v) is 8.36. The Hall–Kier alpha value is -1.55. The molecule has 3 rings (SSSR count). The van der Waals surface area contributed by atoms with E-state index in [2.05, 4.69) is 30.3 Å². The third-order valence-electron chi connectivity index (χ3n) is 4.24. The number of pyridine rings is 1. The summed E-state index contributed by atoms with van der Waals surface area (Å²) in [6.45, 7) is 2.11. The van der Waals surface area contributed by atoms with Crippen LogP contribution in [0.15, 0.2) is 12.3 Å². The molecular formula is C15H21ClN6O2S. The van der Waals surface area contributed by atoms with Crippen LogP contribution in [0.2, 0.25) is 5.15 Å². The number of hydrogen-bond donors (Lipinski definition) is 3. The zero-order chi connectivity index (χ0) is 17.9. The van der Waals surface area contributed by atoms with Crippen LogP contribution in [0.5, 0.6) is 0 Å². The standard InChI is InChI=1S/C15H21ClN6O2S/c1-17-25(23,24)7-6-19-15-11-8-13(16)20-9-12(11)21-14(22-15)10-2-4-18-5-3-10/h8-10,17-18H,2-7H2,1H3,(H,19,21,22). The number of rotatable bonds is 6. The summed E-state index contributed by atoms with van der Waals surface area (Å²) in [5.41, 5.74) is 0.701. The van der Waals surface area contributed by atoms with Gasteiger partial charge in [0.2, 0.25) is 10.0 Å². The first-order chi connectivity index (χ1) is 12.0. The molecule has 0 amide bonds. The Balaban J connectivity index is 1.91. The van der Waals surface area contributed by atoms with E-state index >= 15 is 0 Å². The van der Waals surface area contributed by atoms with Crippen LogP contribution in [0, 0.1) is 0 Å². The molecular weight excluding hydrogens is 364 g/mol. The zero-order valence-corrected chi connectivity index (χ0v) is 15.5. The van der Waals surface area contributed by atoms with Gasteiger partial charge < -0.3 is 10.6 Å².